The summed E-state index contributed by atoms with van der Waals surface area (Å²) in [5.41, 5.74) is 1.16. The molecule has 1 aromatic carbocycles. The van der Waals surface area contributed by atoms with E-state index in [1.54, 1.807) is 7.11 Å². The quantitative estimate of drug-likeness (QED) is 0.854. The van der Waals surface area contributed by atoms with E-state index >= 15 is 0 Å². The number of halogens is 1. The van der Waals surface area contributed by atoms with Crippen molar-refractivity contribution in [2.24, 2.45) is 0 Å². The molecule has 0 spiro atoms. The van der Waals surface area contributed by atoms with Crippen LogP contribution in [0.1, 0.15) is 26.3 Å². The summed E-state index contributed by atoms with van der Waals surface area (Å²) in [5, 5.41) is 4.23. The predicted molar refractivity (Wildman–Crippen MR) is 69.4 cm³/mol. The number of methoxy groups -OCH3 is 1. The van der Waals surface area contributed by atoms with Crippen molar-refractivity contribution in [3.05, 3.63) is 28.8 Å². The molecule has 1 aromatic rings. The molecule has 0 aliphatic heterocycles. The van der Waals surface area contributed by atoms with Crippen LogP contribution in [0.3, 0.4) is 0 Å². The van der Waals surface area contributed by atoms with E-state index in [1.165, 1.54) is 0 Å². The maximum absolute atomic E-state index is 6.18. The van der Waals surface area contributed by atoms with Gasteiger partial charge in [0.15, 0.2) is 0 Å². The van der Waals surface area contributed by atoms with Gasteiger partial charge in [0.1, 0.15) is 5.75 Å². The van der Waals surface area contributed by atoms with Gasteiger partial charge < -0.3 is 10.1 Å². The lowest BCUT2D eigenvalue weighted by Gasteiger charge is -2.17. The second-order valence-electron chi connectivity index (χ2n) is 4.38. The van der Waals surface area contributed by atoms with Crippen LogP contribution >= 0.6 is 11.6 Å². The molecule has 0 radical (unpaired) electrons. The van der Waals surface area contributed by atoms with Crippen LogP contribution in [0, 0.1) is 0 Å². The zero-order chi connectivity index (χ0) is 12.1. The Balaban J connectivity index is 2.66. The van der Waals surface area contributed by atoms with Gasteiger partial charge in [-0.1, -0.05) is 31.5 Å². The second kappa shape index (κ2) is 6.12. The smallest absolute Gasteiger partial charge is 0.120 e. The summed E-state index contributed by atoms with van der Waals surface area (Å²) in [4.78, 5) is 0. The van der Waals surface area contributed by atoms with E-state index < -0.39 is 0 Å². The lowest BCUT2D eigenvalue weighted by Crippen LogP contribution is -2.33. The largest absolute Gasteiger partial charge is 0.497 e. The van der Waals surface area contributed by atoms with Crippen LogP contribution in [0.4, 0.5) is 0 Å². The minimum Gasteiger partial charge on any atom is -0.497 e. The molecule has 0 aromatic heterocycles. The molecular weight excluding hydrogens is 222 g/mol. The third-order valence-corrected chi connectivity index (χ3v) is 2.76. The summed E-state index contributed by atoms with van der Waals surface area (Å²) in [5.74, 6) is 0.804. The molecule has 0 heterocycles. The molecule has 16 heavy (non-hydrogen) atoms. The highest BCUT2D eigenvalue weighted by Gasteiger charge is 2.08. The van der Waals surface area contributed by atoms with E-state index in [2.05, 4.69) is 26.1 Å². The topological polar surface area (TPSA) is 21.3 Å². The van der Waals surface area contributed by atoms with Crippen molar-refractivity contribution in [1.29, 1.82) is 0 Å². The highest BCUT2D eigenvalue weighted by Crippen LogP contribution is 2.23. The van der Waals surface area contributed by atoms with Crippen molar-refractivity contribution in [3.63, 3.8) is 0 Å². The molecule has 0 amide bonds. The van der Waals surface area contributed by atoms with Crippen LogP contribution < -0.4 is 10.1 Å². The number of nitrogens with one attached hydrogen (secondary N) is 1. The minimum absolute atomic E-state index is 0.422. The maximum atomic E-state index is 6.18. The number of hydrogen-bond donors (Lipinski definition) is 1. The molecule has 1 N–H and O–H groups in total. The molecule has 0 fully saturated rings. The van der Waals surface area contributed by atoms with Crippen LogP contribution in [-0.4, -0.2) is 19.2 Å². The summed E-state index contributed by atoms with van der Waals surface area (Å²) in [7, 11) is 1.65. The summed E-state index contributed by atoms with van der Waals surface area (Å²) in [6.45, 7) is 6.46. The Morgan fingerprint density at radius 1 is 1.31 bits per heavy atom. The van der Waals surface area contributed by atoms with Crippen LogP contribution in [0.2, 0.25) is 5.02 Å². The van der Waals surface area contributed by atoms with E-state index in [0.29, 0.717) is 12.1 Å². The fraction of sp³-hybridized carbons (Fsp3) is 0.538. The van der Waals surface area contributed by atoms with Crippen molar-refractivity contribution in [2.45, 2.75) is 39.3 Å². The van der Waals surface area contributed by atoms with E-state index in [0.717, 1.165) is 22.8 Å². The SMILES string of the molecule is COc1ccc(CC(C)NC(C)C)c(Cl)c1. The van der Waals surface area contributed by atoms with Crippen molar-refractivity contribution >= 4 is 11.6 Å². The average molecular weight is 242 g/mol. The van der Waals surface area contributed by atoms with Crippen molar-refractivity contribution < 1.29 is 4.74 Å². The van der Waals surface area contributed by atoms with E-state index in [-0.39, 0.29) is 0 Å². The van der Waals surface area contributed by atoms with Gasteiger partial charge in [-0.2, -0.15) is 0 Å². The summed E-state index contributed by atoms with van der Waals surface area (Å²) < 4.78 is 5.12. The zero-order valence-electron chi connectivity index (χ0n) is 10.4. The fourth-order valence-electron chi connectivity index (χ4n) is 1.78. The zero-order valence-corrected chi connectivity index (χ0v) is 11.1. The fourth-order valence-corrected chi connectivity index (χ4v) is 2.03. The molecule has 1 rings (SSSR count). The van der Waals surface area contributed by atoms with Gasteiger partial charge in [0, 0.05) is 17.1 Å². The Labute approximate surface area is 103 Å². The molecule has 0 bridgehead atoms. The standard InChI is InChI=1S/C13H20ClNO/c1-9(2)15-10(3)7-11-5-6-12(16-4)8-13(11)14/h5-6,8-10,15H,7H2,1-4H3. The highest BCUT2D eigenvalue weighted by molar-refractivity contribution is 6.31. The monoisotopic (exact) mass is 241 g/mol. The van der Waals surface area contributed by atoms with Gasteiger partial charge in [-0.15, -0.1) is 0 Å². The molecule has 3 heteroatoms. The summed E-state index contributed by atoms with van der Waals surface area (Å²) in [6.07, 6.45) is 0.932. The Bertz CT molecular complexity index is 339. The van der Waals surface area contributed by atoms with Crippen LogP contribution in [0.15, 0.2) is 18.2 Å². The Morgan fingerprint density at radius 2 is 2.00 bits per heavy atom. The Hall–Kier alpha value is -0.730. The van der Waals surface area contributed by atoms with Gasteiger partial charge in [0.2, 0.25) is 0 Å². The van der Waals surface area contributed by atoms with Crippen molar-refractivity contribution in [3.8, 4) is 5.75 Å². The molecule has 0 saturated carbocycles. The number of ether oxygens (including phenoxy) is 1. The van der Waals surface area contributed by atoms with Crippen LogP contribution in [0.5, 0.6) is 5.75 Å². The molecule has 0 aliphatic rings. The predicted octanol–water partition coefficient (Wildman–Crippen LogP) is 3.28. The van der Waals surface area contributed by atoms with E-state index in [4.69, 9.17) is 16.3 Å². The van der Waals surface area contributed by atoms with Gasteiger partial charge >= 0.3 is 0 Å². The minimum atomic E-state index is 0.422. The third kappa shape index (κ3) is 4.03. The number of benzene rings is 1. The van der Waals surface area contributed by atoms with Crippen LogP contribution in [0.25, 0.3) is 0 Å². The van der Waals surface area contributed by atoms with Crippen molar-refractivity contribution in [2.75, 3.05) is 7.11 Å². The first-order valence-corrected chi connectivity index (χ1v) is 5.99. The van der Waals surface area contributed by atoms with Gasteiger partial charge in [0.05, 0.1) is 7.11 Å². The van der Waals surface area contributed by atoms with Gasteiger partial charge in [0.25, 0.3) is 0 Å². The summed E-state index contributed by atoms with van der Waals surface area (Å²) >= 11 is 6.18. The van der Waals surface area contributed by atoms with E-state index in [9.17, 15) is 0 Å². The summed E-state index contributed by atoms with van der Waals surface area (Å²) in [6, 6.07) is 6.75. The lowest BCUT2D eigenvalue weighted by molar-refractivity contribution is 0.414. The number of rotatable bonds is 5. The molecule has 0 aliphatic carbocycles. The normalized spacial score (nSPS) is 12.9. The molecule has 2 nitrogen and oxygen atoms in total. The highest BCUT2D eigenvalue weighted by atomic mass is 35.5. The first-order valence-electron chi connectivity index (χ1n) is 5.61. The second-order valence-corrected chi connectivity index (χ2v) is 4.79. The lowest BCUT2D eigenvalue weighted by atomic mass is 10.1. The molecule has 90 valence electrons. The van der Waals surface area contributed by atoms with E-state index in [1.807, 2.05) is 18.2 Å². The number of hydrogen-bond acceptors (Lipinski definition) is 2. The average Bonchev–Trinajstić information content (AvgIpc) is 2.19. The van der Waals surface area contributed by atoms with Gasteiger partial charge in [-0.05, 0) is 31.0 Å². The molecule has 0 saturated heterocycles. The third-order valence-electron chi connectivity index (χ3n) is 2.40. The first kappa shape index (κ1) is 13.3. The maximum Gasteiger partial charge on any atom is 0.120 e. The van der Waals surface area contributed by atoms with Gasteiger partial charge in [-0.25, -0.2) is 0 Å². The Morgan fingerprint density at radius 3 is 2.50 bits per heavy atom. The van der Waals surface area contributed by atoms with Gasteiger partial charge in [-0.3, -0.25) is 0 Å². The molecular formula is C13H20ClNO. The van der Waals surface area contributed by atoms with Crippen molar-refractivity contribution in [1.82, 2.24) is 5.32 Å². The van der Waals surface area contributed by atoms with Crippen LogP contribution in [-0.2, 0) is 6.42 Å². The molecule has 1 unspecified atom stereocenters. The molecule has 1 atom stereocenters. The first-order chi connectivity index (χ1) is 7.52. The Kier molecular flexibility index (Phi) is 5.10.